The molecule has 4 rings (SSSR count). The van der Waals surface area contributed by atoms with Gasteiger partial charge in [0.05, 0.1) is 22.2 Å². The average Bonchev–Trinajstić information content (AvgIpc) is 3.28. The maximum Gasteiger partial charge on any atom is 0.269 e. The Hall–Kier alpha value is -3.12. The third-order valence-corrected chi connectivity index (χ3v) is 5.50. The Bertz CT molecular complexity index is 1140. The molecule has 0 spiro atoms. The molecule has 0 saturated heterocycles. The van der Waals surface area contributed by atoms with E-state index < -0.39 is 10.0 Å². The van der Waals surface area contributed by atoms with Gasteiger partial charge < -0.3 is 4.42 Å². The molecule has 0 aliphatic carbocycles. The highest BCUT2D eigenvalue weighted by Crippen LogP contribution is 2.24. The molecule has 0 saturated carbocycles. The van der Waals surface area contributed by atoms with Crippen LogP contribution in [-0.4, -0.2) is 17.4 Å². The van der Waals surface area contributed by atoms with Gasteiger partial charge in [0, 0.05) is 0 Å². The second-order valence-corrected chi connectivity index (χ2v) is 7.18. The first-order chi connectivity index (χ1) is 12.2. The van der Waals surface area contributed by atoms with E-state index in [0.717, 1.165) is 0 Å². The largest absolute Gasteiger partial charge is 0.465 e. The predicted molar refractivity (Wildman–Crippen MR) is 96.4 cm³/mol. The first kappa shape index (κ1) is 15.4. The second-order valence-electron chi connectivity index (χ2n) is 5.39. The number of hydrogen-bond donors (Lipinski definition) is 0. The summed E-state index contributed by atoms with van der Waals surface area (Å²) < 4.78 is 32.8. The number of rotatable bonds is 4. The monoisotopic (exact) mass is 350 g/mol. The standard InChI is InChI=1S/C19H14N2O3S/c22-25(23,16-8-2-1-3-9-16)21-18-11-5-4-10-17(18)20-19(21)13-12-15-7-6-14-24-15/h1-14H. The fourth-order valence-electron chi connectivity index (χ4n) is 2.62. The summed E-state index contributed by atoms with van der Waals surface area (Å²) in [6.07, 6.45) is 4.89. The molecule has 6 heteroatoms. The van der Waals surface area contributed by atoms with Crippen LogP contribution >= 0.6 is 0 Å². The summed E-state index contributed by atoms with van der Waals surface area (Å²) in [5.74, 6) is 0.942. The van der Waals surface area contributed by atoms with Gasteiger partial charge in [0.25, 0.3) is 10.0 Å². The molecule has 25 heavy (non-hydrogen) atoms. The highest BCUT2D eigenvalue weighted by molar-refractivity contribution is 7.90. The summed E-state index contributed by atoms with van der Waals surface area (Å²) in [5.41, 5.74) is 1.14. The Kier molecular flexibility index (Phi) is 3.74. The predicted octanol–water partition coefficient (Wildman–Crippen LogP) is 4.04. The lowest BCUT2D eigenvalue weighted by atomic mass is 10.3. The van der Waals surface area contributed by atoms with Crippen molar-refractivity contribution in [1.29, 1.82) is 0 Å². The third kappa shape index (κ3) is 2.77. The summed E-state index contributed by atoms with van der Waals surface area (Å²) in [5, 5.41) is 0. The van der Waals surface area contributed by atoms with Crippen molar-refractivity contribution in [2.24, 2.45) is 0 Å². The topological polar surface area (TPSA) is 65.1 Å². The molecule has 0 radical (unpaired) electrons. The van der Waals surface area contributed by atoms with Gasteiger partial charge in [-0.25, -0.2) is 17.4 Å². The van der Waals surface area contributed by atoms with Crippen molar-refractivity contribution in [3.63, 3.8) is 0 Å². The van der Waals surface area contributed by atoms with Crippen LogP contribution in [0.5, 0.6) is 0 Å². The number of para-hydroxylation sites is 2. The maximum absolute atomic E-state index is 13.2. The molecule has 0 N–H and O–H groups in total. The lowest BCUT2D eigenvalue weighted by Gasteiger charge is -2.08. The zero-order chi connectivity index (χ0) is 17.3. The summed E-state index contributed by atoms with van der Waals surface area (Å²) in [7, 11) is -3.77. The fourth-order valence-corrected chi connectivity index (χ4v) is 4.09. The van der Waals surface area contributed by atoms with E-state index in [1.807, 2.05) is 6.07 Å². The van der Waals surface area contributed by atoms with Crippen LogP contribution in [0.2, 0.25) is 0 Å². The van der Waals surface area contributed by atoms with Crippen molar-refractivity contribution >= 4 is 33.2 Å². The molecule has 5 nitrogen and oxygen atoms in total. The van der Waals surface area contributed by atoms with E-state index in [-0.39, 0.29) is 4.90 Å². The molecule has 0 fully saturated rings. The summed E-state index contributed by atoms with van der Waals surface area (Å²) >= 11 is 0. The number of fused-ring (bicyclic) bond motifs is 1. The van der Waals surface area contributed by atoms with Crippen LogP contribution in [0.25, 0.3) is 23.2 Å². The smallest absolute Gasteiger partial charge is 0.269 e. The Morgan fingerprint density at radius 2 is 1.64 bits per heavy atom. The number of hydrogen-bond acceptors (Lipinski definition) is 4. The summed E-state index contributed by atoms with van der Waals surface area (Å²) in [6, 6.07) is 19.0. The molecule has 4 aromatic rings. The number of furan rings is 1. The van der Waals surface area contributed by atoms with E-state index in [9.17, 15) is 8.42 Å². The molecular formula is C19H14N2O3S. The minimum absolute atomic E-state index is 0.214. The van der Waals surface area contributed by atoms with Gasteiger partial charge in [-0.05, 0) is 48.6 Å². The first-order valence-electron chi connectivity index (χ1n) is 7.66. The Balaban J connectivity index is 1.94. The van der Waals surface area contributed by atoms with Crippen LogP contribution in [0.1, 0.15) is 11.6 Å². The number of benzene rings is 2. The van der Waals surface area contributed by atoms with Crippen LogP contribution in [0, 0.1) is 0 Å². The van der Waals surface area contributed by atoms with Gasteiger partial charge in [0.1, 0.15) is 11.6 Å². The van der Waals surface area contributed by atoms with Gasteiger partial charge in [-0.2, -0.15) is 0 Å². The van der Waals surface area contributed by atoms with E-state index in [1.165, 1.54) is 3.97 Å². The molecule has 2 aromatic heterocycles. The summed E-state index contributed by atoms with van der Waals surface area (Å²) in [4.78, 5) is 4.67. The number of nitrogens with zero attached hydrogens (tertiary/aromatic N) is 2. The van der Waals surface area contributed by atoms with Gasteiger partial charge in [0.2, 0.25) is 0 Å². The Labute approximate surface area is 144 Å². The summed E-state index contributed by atoms with van der Waals surface area (Å²) in [6.45, 7) is 0. The Morgan fingerprint density at radius 1 is 0.880 bits per heavy atom. The molecule has 2 heterocycles. The number of aromatic nitrogens is 2. The van der Waals surface area contributed by atoms with E-state index in [0.29, 0.717) is 22.6 Å². The van der Waals surface area contributed by atoms with Gasteiger partial charge in [-0.3, -0.25) is 0 Å². The van der Waals surface area contributed by atoms with E-state index in [4.69, 9.17) is 4.42 Å². The van der Waals surface area contributed by atoms with Crippen molar-refractivity contribution in [2.45, 2.75) is 4.90 Å². The quantitative estimate of drug-likeness (QED) is 0.557. The molecule has 0 aliphatic heterocycles. The van der Waals surface area contributed by atoms with E-state index >= 15 is 0 Å². The molecule has 0 amide bonds. The minimum atomic E-state index is -3.77. The molecule has 0 aliphatic rings. The third-order valence-electron chi connectivity index (χ3n) is 3.76. The van der Waals surface area contributed by atoms with Gasteiger partial charge >= 0.3 is 0 Å². The molecule has 0 bridgehead atoms. The molecule has 124 valence electrons. The molecular weight excluding hydrogens is 336 g/mol. The van der Waals surface area contributed by atoms with Gasteiger partial charge in [-0.1, -0.05) is 30.3 Å². The van der Waals surface area contributed by atoms with Crippen molar-refractivity contribution in [2.75, 3.05) is 0 Å². The minimum Gasteiger partial charge on any atom is -0.465 e. The van der Waals surface area contributed by atoms with Crippen molar-refractivity contribution in [1.82, 2.24) is 8.96 Å². The zero-order valence-corrected chi connectivity index (χ0v) is 13.9. The normalized spacial score (nSPS) is 12.2. The first-order valence-corrected chi connectivity index (χ1v) is 9.10. The maximum atomic E-state index is 13.2. The van der Waals surface area contributed by atoms with Crippen LogP contribution in [0.4, 0.5) is 0 Å². The average molecular weight is 350 g/mol. The van der Waals surface area contributed by atoms with E-state index in [2.05, 4.69) is 4.98 Å². The van der Waals surface area contributed by atoms with Crippen molar-refractivity contribution in [3.8, 4) is 0 Å². The lowest BCUT2D eigenvalue weighted by molar-refractivity contribution is 0.557. The Morgan fingerprint density at radius 3 is 2.40 bits per heavy atom. The van der Waals surface area contributed by atoms with E-state index in [1.54, 1.807) is 79.1 Å². The van der Waals surface area contributed by atoms with Crippen LogP contribution in [0.3, 0.4) is 0 Å². The molecule has 0 unspecified atom stereocenters. The zero-order valence-electron chi connectivity index (χ0n) is 13.1. The lowest BCUT2D eigenvalue weighted by Crippen LogP contribution is -2.14. The van der Waals surface area contributed by atoms with Crippen molar-refractivity contribution in [3.05, 3.63) is 84.6 Å². The SMILES string of the molecule is O=S(=O)(c1ccccc1)n1c(C=Cc2ccco2)nc2ccccc21. The highest BCUT2D eigenvalue weighted by Gasteiger charge is 2.22. The fraction of sp³-hybridized carbons (Fsp3) is 0. The van der Waals surface area contributed by atoms with Gasteiger partial charge in [0.15, 0.2) is 0 Å². The molecule has 0 atom stereocenters. The molecule has 2 aromatic carbocycles. The highest BCUT2D eigenvalue weighted by atomic mass is 32.2. The van der Waals surface area contributed by atoms with Crippen LogP contribution in [0.15, 0.2) is 82.3 Å². The second kappa shape index (κ2) is 6.07. The van der Waals surface area contributed by atoms with Gasteiger partial charge in [-0.15, -0.1) is 0 Å². The van der Waals surface area contributed by atoms with Crippen LogP contribution in [-0.2, 0) is 10.0 Å². The van der Waals surface area contributed by atoms with Crippen LogP contribution < -0.4 is 0 Å². The number of imidazole rings is 1. The van der Waals surface area contributed by atoms with Crippen molar-refractivity contribution < 1.29 is 12.8 Å².